The van der Waals surface area contributed by atoms with E-state index in [1.807, 2.05) is 91.0 Å². The van der Waals surface area contributed by atoms with Crippen LogP contribution in [0.3, 0.4) is 0 Å². The van der Waals surface area contributed by atoms with E-state index in [-0.39, 0.29) is 25.5 Å². The molecule has 0 unspecified atom stereocenters. The lowest BCUT2D eigenvalue weighted by Crippen LogP contribution is -2.54. The van der Waals surface area contributed by atoms with E-state index in [4.69, 9.17) is 0 Å². The number of carbonyl (C=O) groups is 1. The molecular weight excluding hydrogens is 434 g/mol. The van der Waals surface area contributed by atoms with Crippen molar-refractivity contribution in [3.05, 3.63) is 108 Å². The molecule has 7 heteroatoms. The minimum absolute atomic E-state index is 0.0631. The normalized spacial score (nSPS) is 16.2. The van der Waals surface area contributed by atoms with E-state index in [1.54, 1.807) is 0 Å². The van der Waals surface area contributed by atoms with E-state index in [0.29, 0.717) is 19.4 Å². The fraction of sp³-hybridized carbons (Fsp3) is 0.269. The highest BCUT2D eigenvalue weighted by atomic mass is 32.2. The number of hydrogen-bond donors (Lipinski definition) is 2. The van der Waals surface area contributed by atoms with Gasteiger partial charge in [-0.2, -0.15) is 17.4 Å². The summed E-state index contributed by atoms with van der Waals surface area (Å²) in [4.78, 5) is 13.5. The molecule has 1 aliphatic heterocycles. The molecule has 3 aromatic rings. The topological polar surface area (TPSA) is 78.5 Å². The Morgan fingerprint density at radius 3 is 1.79 bits per heavy atom. The van der Waals surface area contributed by atoms with Crippen molar-refractivity contribution in [2.45, 2.75) is 31.3 Å². The average molecular weight is 464 g/mol. The van der Waals surface area contributed by atoms with Gasteiger partial charge in [-0.25, -0.2) is 0 Å². The standard InChI is InChI=1S/C26H29N3O3S/c30-25(27-20-22-10-4-1-5-11-22)26(24-14-8-3-9-15-24)16-18-29(19-17-26)33(31,32)28-21-23-12-6-2-7-13-23/h1-15,28H,16-21H2,(H,27,30). The molecule has 0 saturated carbocycles. The van der Waals surface area contributed by atoms with Gasteiger partial charge in [-0.1, -0.05) is 91.0 Å². The van der Waals surface area contributed by atoms with Crippen molar-refractivity contribution in [3.8, 4) is 0 Å². The molecule has 3 aromatic carbocycles. The highest BCUT2D eigenvalue weighted by Crippen LogP contribution is 2.36. The summed E-state index contributed by atoms with van der Waals surface area (Å²) in [5, 5.41) is 3.09. The van der Waals surface area contributed by atoms with Crippen LogP contribution in [0.2, 0.25) is 0 Å². The molecular formula is C26H29N3O3S. The van der Waals surface area contributed by atoms with E-state index >= 15 is 0 Å². The molecule has 0 aromatic heterocycles. The predicted octanol–water partition coefficient (Wildman–Crippen LogP) is 3.37. The zero-order chi connectivity index (χ0) is 23.2. The number of hydrogen-bond acceptors (Lipinski definition) is 3. The summed E-state index contributed by atoms with van der Waals surface area (Å²) in [6.45, 7) is 1.23. The molecule has 33 heavy (non-hydrogen) atoms. The highest BCUT2D eigenvalue weighted by Gasteiger charge is 2.44. The van der Waals surface area contributed by atoms with Crippen molar-refractivity contribution < 1.29 is 13.2 Å². The number of piperidine rings is 1. The van der Waals surface area contributed by atoms with Gasteiger partial charge in [0, 0.05) is 26.2 Å². The molecule has 0 aliphatic carbocycles. The lowest BCUT2D eigenvalue weighted by atomic mass is 9.72. The van der Waals surface area contributed by atoms with Gasteiger partial charge in [0.25, 0.3) is 10.2 Å². The van der Waals surface area contributed by atoms with Gasteiger partial charge >= 0.3 is 0 Å². The van der Waals surface area contributed by atoms with Crippen LogP contribution in [-0.2, 0) is 33.5 Å². The fourth-order valence-electron chi connectivity index (χ4n) is 4.32. The van der Waals surface area contributed by atoms with Gasteiger partial charge in [0.1, 0.15) is 0 Å². The Hall–Kier alpha value is -3.00. The zero-order valence-corrected chi connectivity index (χ0v) is 19.3. The third-order valence-corrected chi connectivity index (χ3v) is 7.83. The van der Waals surface area contributed by atoms with Crippen molar-refractivity contribution in [2.24, 2.45) is 0 Å². The van der Waals surface area contributed by atoms with Crippen LogP contribution >= 0.6 is 0 Å². The maximum absolute atomic E-state index is 13.5. The Morgan fingerprint density at radius 2 is 1.24 bits per heavy atom. The maximum Gasteiger partial charge on any atom is 0.279 e. The van der Waals surface area contributed by atoms with Crippen LogP contribution in [-0.4, -0.2) is 31.7 Å². The van der Waals surface area contributed by atoms with Gasteiger partial charge in [-0.05, 0) is 29.5 Å². The monoisotopic (exact) mass is 463 g/mol. The predicted molar refractivity (Wildman–Crippen MR) is 129 cm³/mol. The summed E-state index contributed by atoms with van der Waals surface area (Å²) >= 11 is 0. The van der Waals surface area contributed by atoms with Crippen LogP contribution in [0.1, 0.15) is 29.5 Å². The second-order valence-corrected chi connectivity index (χ2v) is 10.1. The molecule has 0 radical (unpaired) electrons. The van der Waals surface area contributed by atoms with Crippen LogP contribution in [0, 0.1) is 0 Å². The summed E-state index contributed by atoms with van der Waals surface area (Å²) in [6.07, 6.45) is 0.841. The Labute approximate surface area is 195 Å². The molecule has 0 bridgehead atoms. The molecule has 0 spiro atoms. The molecule has 1 aliphatic rings. The Balaban J connectivity index is 1.46. The second kappa shape index (κ2) is 10.3. The molecule has 0 atom stereocenters. The third kappa shape index (κ3) is 5.50. The quantitative estimate of drug-likeness (QED) is 0.538. The van der Waals surface area contributed by atoms with Crippen molar-refractivity contribution in [1.82, 2.24) is 14.3 Å². The molecule has 172 valence electrons. The van der Waals surface area contributed by atoms with E-state index in [0.717, 1.165) is 16.7 Å². The van der Waals surface area contributed by atoms with Crippen LogP contribution in [0.4, 0.5) is 0 Å². The first-order chi connectivity index (χ1) is 16.0. The van der Waals surface area contributed by atoms with E-state index in [9.17, 15) is 13.2 Å². The summed E-state index contributed by atoms with van der Waals surface area (Å²) < 4.78 is 29.9. The number of amides is 1. The van der Waals surface area contributed by atoms with Gasteiger partial charge in [-0.15, -0.1) is 0 Å². The number of nitrogens with zero attached hydrogens (tertiary/aromatic N) is 1. The maximum atomic E-state index is 13.5. The number of benzene rings is 3. The summed E-state index contributed by atoms with van der Waals surface area (Å²) in [5.41, 5.74) is 2.09. The zero-order valence-electron chi connectivity index (χ0n) is 18.5. The second-order valence-electron chi connectivity index (χ2n) is 8.33. The van der Waals surface area contributed by atoms with Gasteiger partial charge in [0.15, 0.2) is 0 Å². The van der Waals surface area contributed by atoms with Crippen LogP contribution in [0.5, 0.6) is 0 Å². The van der Waals surface area contributed by atoms with Gasteiger partial charge < -0.3 is 5.32 Å². The first-order valence-corrected chi connectivity index (χ1v) is 12.6. The van der Waals surface area contributed by atoms with Crippen LogP contribution in [0.15, 0.2) is 91.0 Å². The SMILES string of the molecule is O=C(NCc1ccccc1)C1(c2ccccc2)CCN(S(=O)(=O)NCc2ccccc2)CC1. The van der Waals surface area contributed by atoms with E-state index in [2.05, 4.69) is 10.0 Å². The Morgan fingerprint density at radius 1 is 0.758 bits per heavy atom. The smallest absolute Gasteiger partial charge is 0.279 e. The molecule has 1 heterocycles. The lowest BCUT2D eigenvalue weighted by Gasteiger charge is -2.40. The molecule has 6 nitrogen and oxygen atoms in total. The molecule has 1 amide bonds. The van der Waals surface area contributed by atoms with Crippen molar-refractivity contribution in [2.75, 3.05) is 13.1 Å². The molecule has 1 fully saturated rings. The third-order valence-electron chi connectivity index (χ3n) is 6.27. The van der Waals surface area contributed by atoms with Crippen LogP contribution < -0.4 is 10.0 Å². The number of nitrogens with one attached hydrogen (secondary N) is 2. The first-order valence-electron chi connectivity index (χ1n) is 11.2. The molecule has 1 saturated heterocycles. The molecule has 4 rings (SSSR count). The van der Waals surface area contributed by atoms with Crippen LogP contribution in [0.25, 0.3) is 0 Å². The van der Waals surface area contributed by atoms with Crippen molar-refractivity contribution in [3.63, 3.8) is 0 Å². The Kier molecular flexibility index (Phi) is 7.23. The summed E-state index contributed by atoms with van der Waals surface area (Å²) in [5.74, 6) is -0.0631. The lowest BCUT2D eigenvalue weighted by molar-refractivity contribution is -0.128. The highest BCUT2D eigenvalue weighted by molar-refractivity contribution is 7.87. The minimum atomic E-state index is -3.64. The number of rotatable bonds is 8. The fourth-order valence-corrected chi connectivity index (χ4v) is 5.52. The van der Waals surface area contributed by atoms with Gasteiger partial charge in [0.2, 0.25) is 5.91 Å². The van der Waals surface area contributed by atoms with E-state index in [1.165, 1.54) is 4.31 Å². The summed E-state index contributed by atoms with van der Waals surface area (Å²) in [7, 11) is -3.64. The van der Waals surface area contributed by atoms with Crippen molar-refractivity contribution in [1.29, 1.82) is 0 Å². The van der Waals surface area contributed by atoms with E-state index < -0.39 is 15.6 Å². The largest absolute Gasteiger partial charge is 0.351 e. The molecule has 2 N–H and O–H groups in total. The Bertz CT molecular complexity index is 1150. The van der Waals surface area contributed by atoms with Crippen molar-refractivity contribution >= 4 is 16.1 Å². The minimum Gasteiger partial charge on any atom is -0.351 e. The number of carbonyl (C=O) groups excluding carboxylic acids is 1. The first kappa shape index (κ1) is 23.2. The summed E-state index contributed by atoms with van der Waals surface area (Å²) in [6, 6.07) is 28.9. The van der Waals surface area contributed by atoms with Gasteiger partial charge in [0.05, 0.1) is 5.41 Å². The van der Waals surface area contributed by atoms with Gasteiger partial charge in [-0.3, -0.25) is 4.79 Å². The average Bonchev–Trinajstić information content (AvgIpc) is 2.88.